The molecule has 2 heteroatoms. The number of nitrogens with one attached hydrogen (secondary N) is 1. The van der Waals surface area contributed by atoms with Crippen molar-refractivity contribution in [3.05, 3.63) is 35.4 Å². The highest BCUT2D eigenvalue weighted by atomic mass is 16.5. The molecule has 2 aliphatic rings. The zero-order valence-electron chi connectivity index (χ0n) is 10.5. The summed E-state index contributed by atoms with van der Waals surface area (Å²) in [4.78, 5) is 0. The van der Waals surface area contributed by atoms with Gasteiger partial charge in [-0.15, -0.1) is 0 Å². The normalized spacial score (nSPS) is 27.8. The standard InChI is InChI=1S/C15H21NO/c1-2-16-15-13-9-4-3-6-11(13)10-14(15)17-12-7-5-8-12/h3-4,6,9,12,14-16H,2,5,7-8,10H2,1H3. The predicted molar refractivity (Wildman–Crippen MR) is 69.1 cm³/mol. The lowest BCUT2D eigenvalue weighted by Crippen LogP contribution is -2.35. The molecule has 0 saturated heterocycles. The second kappa shape index (κ2) is 4.79. The van der Waals surface area contributed by atoms with Crippen LogP contribution >= 0.6 is 0 Å². The van der Waals surface area contributed by atoms with Gasteiger partial charge in [0.1, 0.15) is 0 Å². The summed E-state index contributed by atoms with van der Waals surface area (Å²) in [5, 5.41) is 3.58. The van der Waals surface area contributed by atoms with Gasteiger partial charge in [0.25, 0.3) is 0 Å². The highest BCUT2D eigenvalue weighted by Gasteiger charge is 2.35. The van der Waals surface area contributed by atoms with Crippen molar-refractivity contribution < 1.29 is 4.74 Å². The summed E-state index contributed by atoms with van der Waals surface area (Å²) in [5.41, 5.74) is 2.90. The van der Waals surface area contributed by atoms with Gasteiger partial charge >= 0.3 is 0 Å². The fraction of sp³-hybridized carbons (Fsp3) is 0.600. The molecule has 0 radical (unpaired) electrons. The first-order valence-corrected chi connectivity index (χ1v) is 6.85. The van der Waals surface area contributed by atoms with Crippen molar-refractivity contribution in [1.82, 2.24) is 5.32 Å². The Morgan fingerprint density at radius 2 is 2.12 bits per heavy atom. The smallest absolute Gasteiger partial charge is 0.0813 e. The van der Waals surface area contributed by atoms with Crippen LogP contribution < -0.4 is 5.32 Å². The van der Waals surface area contributed by atoms with Crippen LogP contribution in [0.2, 0.25) is 0 Å². The molecule has 0 heterocycles. The molecule has 0 amide bonds. The van der Waals surface area contributed by atoms with Crippen molar-refractivity contribution in [3.63, 3.8) is 0 Å². The fourth-order valence-corrected chi connectivity index (χ4v) is 2.90. The van der Waals surface area contributed by atoms with Gasteiger partial charge in [-0.1, -0.05) is 31.2 Å². The first-order valence-electron chi connectivity index (χ1n) is 6.85. The minimum absolute atomic E-state index is 0.345. The molecule has 0 bridgehead atoms. The molecule has 2 atom stereocenters. The first kappa shape index (κ1) is 11.2. The number of rotatable bonds is 4. The van der Waals surface area contributed by atoms with E-state index in [2.05, 4.69) is 36.5 Å². The van der Waals surface area contributed by atoms with Gasteiger partial charge < -0.3 is 10.1 Å². The van der Waals surface area contributed by atoms with Crippen molar-refractivity contribution in [1.29, 1.82) is 0 Å². The van der Waals surface area contributed by atoms with E-state index in [9.17, 15) is 0 Å². The lowest BCUT2D eigenvalue weighted by atomic mass is 9.95. The topological polar surface area (TPSA) is 21.3 Å². The van der Waals surface area contributed by atoms with Crippen LogP contribution in [0.1, 0.15) is 43.4 Å². The van der Waals surface area contributed by atoms with E-state index in [1.54, 1.807) is 0 Å². The second-order valence-electron chi connectivity index (χ2n) is 5.17. The number of fused-ring (bicyclic) bond motifs is 1. The van der Waals surface area contributed by atoms with E-state index in [0.717, 1.165) is 13.0 Å². The third kappa shape index (κ3) is 2.12. The maximum atomic E-state index is 6.23. The second-order valence-corrected chi connectivity index (χ2v) is 5.17. The van der Waals surface area contributed by atoms with Crippen molar-refractivity contribution in [2.75, 3.05) is 6.54 Å². The van der Waals surface area contributed by atoms with Gasteiger partial charge in [0, 0.05) is 6.42 Å². The zero-order chi connectivity index (χ0) is 11.7. The maximum absolute atomic E-state index is 6.23. The van der Waals surface area contributed by atoms with E-state index in [1.165, 1.54) is 30.4 Å². The summed E-state index contributed by atoms with van der Waals surface area (Å²) < 4.78 is 6.23. The Hall–Kier alpha value is -0.860. The summed E-state index contributed by atoms with van der Waals surface area (Å²) in [7, 11) is 0. The van der Waals surface area contributed by atoms with Gasteiger partial charge in [-0.3, -0.25) is 0 Å². The van der Waals surface area contributed by atoms with Gasteiger partial charge in [-0.25, -0.2) is 0 Å². The summed E-state index contributed by atoms with van der Waals surface area (Å²) in [6.07, 6.45) is 5.80. The average molecular weight is 231 g/mol. The van der Waals surface area contributed by atoms with Crippen LogP contribution in [0.4, 0.5) is 0 Å². The zero-order valence-corrected chi connectivity index (χ0v) is 10.5. The van der Waals surface area contributed by atoms with Crippen molar-refractivity contribution in [3.8, 4) is 0 Å². The minimum Gasteiger partial charge on any atom is -0.373 e. The molecule has 0 spiro atoms. The fourth-order valence-electron chi connectivity index (χ4n) is 2.90. The molecule has 1 N–H and O–H groups in total. The van der Waals surface area contributed by atoms with Gasteiger partial charge in [0.15, 0.2) is 0 Å². The Labute approximate surface area is 103 Å². The number of ether oxygens (including phenoxy) is 1. The largest absolute Gasteiger partial charge is 0.373 e. The van der Waals surface area contributed by atoms with E-state index in [0.29, 0.717) is 18.2 Å². The Kier molecular flexibility index (Phi) is 3.17. The van der Waals surface area contributed by atoms with Crippen molar-refractivity contribution in [2.24, 2.45) is 0 Å². The Bertz CT molecular complexity index is 386. The molecule has 2 aliphatic carbocycles. The maximum Gasteiger partial charge on any atom is 0.0813 e. The molecule has 1 fully saturated rings. The molecule has 1 aromatic carbocycles. The highest BCUT2D eigenvalue weighted by Crippen LogP contribution is 2.36. The van der Waals surface area contributed by atoms with E-state index in [-0.39, 0.29) is 0 Å². The summed E-state index contributed by atoms with van der Waals surface area (Å²) in [5.74, 6) is 0. The van der Waals surface area contributed by atoms with Crippen LogP contribution in [0.25, 0.3) is 0 Å². The minimum atomic E-state index is 0.345. The lowest BCUT2D eigenvalue weighted by Gasteiger charge is -2.32. The SMILES string of the molecule is CCNC1c2ccccc2CC1OC1CCC1. The van der Waals surface area contributed by atoms with Crippen LogP contribution in [0.5, 0.6) is 0 Å². The van der Waals surface area contributed by atoms with Gasteiger partial charge in [-0.2, -0.15) is 0 Å². The van der Waals surface area contributed by atoms with Crippen LogP contribution in [-0.2, 0) is 11.2 Å². The molecular formula is C15H21NO. The van der Waals surface area contributed by atoms with Crippen molar-refractivity contribution >= 4 is 0 Å². The van der Waals surface area contributed by atoms with Crippen LogP contribution in [0.3, 0.4) is 0 Å². The highest BCUT2D eigenvalue weighted by molar-refractivity contribution is 5.36. The molecule has 2 nitrogen and oxygen atoms in total. The Morgan fingerprint density at radius 1 is 1.29 bits per heavy atom. The number of hydrogen-bond donors (Lipinski definition) is 1. The molecule has 92 valence electrons. The molecule has 1 saturated carbocycles. The number of hydrogen-bond acceptors (Lipinski definition) is 2. The molecule has 1 aromatic rings. The Morgan fingerprint density at radius 3 is 2.82 bits per heavy atom. The van der Waals surface area contributed by atoms with Gasteiger partial charge in [0.2, 0.25) is 0 Å². The van der Waals surface area contributed by atoms with Gasteiger partial charge in [-0.05, 0) is 36.9 Å². The van der Waals surface area contributed by atoms with E-state index >= 15 is 0 Å². The lowest BCUT2D eigenvalue weighted by molar-refractivity contribution is -0.0609. The summed E-state index contributed by atoms with van der Waals surface area (Å²) in [6.45, 7) is 3.17. The van der Waals surface area contributed by atoms with Crippen LogP contribution in [-0.4, -0.2) is 18.8 Å². The molecule has 0 aromatic heterocycles. The van der Waals surface area contributed by atoms with E-state index in [4.69, 9.17) is 4.74 Å². The van der Waals surface area contributed by atoms with Crippen molar-refractivity contribution in [2.45, 2.75) is 50.9 Å². The predicted octanol–water partition coefficient (Wildman–Crippen LogP) is 2.83. The summed E-state index contributed by atoms with van der Waals surface area (Å²) in [6, 6.07) is 9.15. The van der Waals surface area contributed by atoms with E-state index in [1.807, 2.05) is 0 Å². The summed E-state index contributed by atoms with van der Waals surface area (Å²) >= 11 is 0. The number of likely N-dealkylation sites (N-methyl/N-ethyl adjacent to an activating group) is 1. The van der Waals surface area contributed by atoms with Crippen LogP contribution in [0, 0.1) is 0 Å². The molecule has 0 aliphatic heterocycles. The van der Waals surface area contributed by atoms with Crippen LogP contribution in [0.15, 0.2) is 24.3 Å². The third-order valence-electron chi connectivity index (χ3n) is 4.03. The molecular weight excluding hydrogens is 210 g/mol. The molecule has 2 unspecified atom stereocenters. The number of benzene rings is 1. The monoisotopic (exact) mass is 231 g/mol. The molecule has 17 heavy (non-hydrogen) atoms. The first-order chi connectivity index (χ1) is 8.38. The quantitative estimate of drug-likeness (QED) is 0.860. The Balaban J connectivity index is 1.76. The average Bonchev–Trinajstić information content (AvgIpc) is 2.63. The van der Waals surface area contributed by atoms with E-state index < -0.39 is 0 Å². The van der Waals surface area contributed by atoms with Gasteiger partial charge in [0.05, 0.1) is 18.2 Å². The molecule has 3 rings (SSSR count). The third-order valence-corrected chi connectivity index (χ3v) is 4.03.